The monoisotopic (exact) mass is 205 g/mol. The molecule has 1 aliphatic rings. The fourth-order valence-corrected chi connectivity index (χ4v) is 1.98. The van der Waals surface area contributed by atoms with Crippen molar-refractivity contribution < 1.29 is 0 Å². The van der Waals surface area contributed by atoms with Crippen LogP contribution in [-0.4, -0.2) is 30.7 Å². The van der Waals surface area contributed by atoms with E-state index in [1.54, 1.807) is 0 Å². The third kappa shape index (κ3) is 2.48. The number of pyridine rings is 1. The highest BCUT2D eigenvalue weighted by molar-refractivity contribution is 5.45. The van der Waals surface area contributed by atoms with E-state index in [1.165, 1.54) is 11.4 Å². The molecular formula is C12H19N3. The molecule has 0 saturated carbocycles. The zero-order chi connectivity index (χ0) is 10.7. The van der Waals surface area contributed by atoms with Gasteiger partial charge in [-0.1, -0.05) is 6.92 Å². The van der Waals surface area contributed by atoms with Gasteiger partial charge < -0.3 is 10.2 Å². The molecule has 82 valence electrons. The van der Waals surface area contributed by atoms with Crippen molar-refractivity contribution in [2.45, 2.75) is 26.3 Å². The molecular weight excluding hydrogens is 186 g/mol. The smallest absolute Gasteiger partial charge is 0.0553 e. The number of hydrogen-bond donors (Lipinski definition) is 1. The van der Waals surface area contributed by atoms with E-state index in [2.05, 4.69) is 41.2 Å². The molecule has 1 aromatic rings. The van der Waals surface area contributed by atoms with Crippen molar-refractivity contribution in [3.8, 4) is 0 Å². The van der Waals surface area contributed by atoms with Crippen LogP contribution in [0.3, 0.4) is 0 Å². The Kier molecular flexibility index (Phi) is 3.21. The number of nitrogens with one attached hydrogen (secondary N) is 1. The Balaban J connectivity index is 2.07. The third-order valence-electron chi connectivity index (χ3n) is 2.91. The van der Waals surface area contributed by atoms with E-state index in [4.69, 9.17) is 0 Å². The lowest BCUT2D eigenvalue weighted by Gasteiger charge is -2.33. The SMILES string of the molecule is CCc1ccc(N2CCNC(C)C2)cn1. The first-order chi connectivity index (χ1) is 7.29. The lowest BCUT2D eigenvalue weighted by atomic mass is 10.2. The number of aromatic nitrogens is 1. The van der Waals surface area contributed by atoms with Crippen molar-refractivity contribution in [2.75, 3.05) is 24.5 Å². The van der Waals surface area contributed by atoms with Gasteiger partial charge in [0.25, 0.3) is 0 Å². The number of aryl methyl sites for hydroxylation is 1. The minimum atomic E-state index is 0.574. The van der Waals surface area contributed by atoms with Crippen LogP contribution in [0.1, 0.15) is 19.5 Å². The molecule has 1 aromatic heterocycles. The van der Waals surface area contributed by atoms with Crippen molar-refractivity contribution >= 4 is 5.69 Å². The Bertz CT molecular complexity index is 307. The molecule has 0 aromatic carbocycles. The van der Waals surface area contributed by atoms with E-state index in [-0.39, 0.29) is 0 Å². The average molecular weight is 205 g/mol. The van der Waals surface area contributed by atoms with E-state index in [0.717, 1.165) is 26.1 Å². The number of piperazine rings is 1. The van der Waals surface area contributed by atoms with Gasteiger partial charge in [-0.2, -0.15) is 0 Å². The van der Waals surface area contributed by atoms with E-state index >= 15 is 0 Å². The van der Waals surface area contributed by atoms with Crippen molar-refractivity contribution in [1.29, 1.82) is 0 Å². The summed E-state index contributed by atoms with van der Waals surface area (Å²) in [5, 5.41) is 3.44. The Hall–Kier alpha value is -1.09. The molecule has 1 aliphatic heterocycles. The third-order valence-corrected chi connectivity index (χ3v) is 2.91. The summed E-state index contributed by atoms with van der Waals surface area (Å²) in [6, 6.07) is 4.89. The summed E-state index contributed by atoms with van der Waals surface area (Å²) < 4.78 is 0. The summed E-state index contributed by atoms with van der Waals surface area (Å²) >= 11 is 0. The molecule has 1 unspecified atom stereocenters. The highest BCUT2D eigenvalue weighted by Crippen LogP contribution is 2.15. The van der Waals surface area contributed by atoms with Gasteiger partial charge in [0.05, 0.1) is 11.9 Å². The first-order valence-electron chi connectivity index (χ1n) is 5.73. The number of nitrogens with zero attached hydrogens (tertiary/aromatic N) is 2. The van der Waals surface area contributed by atoms with E-state index in [0.29, 0.717) is 6.04 Å². The highest BCUT2D eigenvalue weighted by atomic mass is 15.2. The molecule has 0 radical (unpaired) electrons. The van der Waals surface area contributed by atoms with Crippen LogP contribution in [0.4, 0.5) is 5.69 Å². The minimum absolute atomic E-state index is 0.574. The minimum Gasteiger partial charge on any atom is -0.367 e. The second kappa shape index (κ2) is 4.62. The molecule has 15 heavy (non-hydrogen) atoms. The molecule has 0 bridgehead atoms. The van der Waals surface area contributed by atoms with Gasteiger partial charge >= 0.3 is 0 Å². The molecule has 1 atom stereocenters. The van der Waals surface area contributed by atoms with Crippen molar-refractivity contribution in [3.63, 3.8) is 0 Å². The maximum absolute atomic E-state index is 4.44. The van der Waals surface area contributed by atoms with Gasteiger partial charge in [0, 0.05) is 31.4 Å². The zero-order valence-corrected chi connectivity index (χ0v) is 9.53. The van der Waals surface area contributed by atoms with Crippen LogP contribution in [0, 0.1) is 0 Å². The van der Waals surface area contributed by atoms with Crippen LogP contribution in [0.5, 0.6) is 0 Å². The number of rotatable bonds is 2. The molecule has 1 N–H and O–H groups in total. The van der Waals surface area contributed by atoms with Crippen LogP contribution in [0.2, 0.25) is 0 Å². The number of hydrogen-bond acceptors (Lipinski definition) is 3. The van der Waals surface area contributed by atoms with Gasteiger partial charge in [-0.3, -0.25) is 4.98 Å². The quantitative estimate of drug-likeness (QED) is 0.792. The lowest BCUT2D eigenvalue weighted by molar-refractivity contribution is 0.484. The van der Waals surface area contributed by atoms with Crippen LogP contribution in [-0.2, 0) is 6.42 Å². The van der Waals surface area contributed by atoms with Crippen LogP contribution >= 0.6 is 0 Å². The summed E-state index contributed by atoms with van der Waals surface area (Å²) in [6.07, 6.45) is 3.01. The predicted octanol–water partition coefficient (Wildman–Crippen LogP) is 1.44. The van der Waals surface area contributed by atoms with Crippen molar-refractivity contribution in [3.05, 3.63) is 24.0 Å². The van der Waals surface area contributed by atoms with E-state index < -0.39 is 0 Å². The molecule has 3 nitrogen and oxygen atoms in total. The predicted molar refractivity (Wildman–Crippen MR) is 63.3 cm³/mol. The first kappa shape index (κ1) is 10.4. The lowest BCUT2D eigenvalue weighted by Crippen LogP contribution is -2.49. The fraction of sp³-hybridized carbons (Fsp3) is 0.583. The molecule has 2 heterocycles. The molecule has 1 fully saturated rings. The van der Waals surface area contributed by atoms with Gasteiger partial charge in [-0.05, 0) is 25.5 Å². The largest absolute Gasteiger partial charge is 0.367 e. The van der Waals surface area contributed by atoms with Crippen molar-refractivity contribution in [2.24, 2.45) is 0 Å². The number of anilines is 1. The molecule has 0 aliphatic carbocycles. The molecule has 3 heteroatoms. The maximum Gasteiger partial charge on any atom is 0.0553 e. The maximum atomic E-state index is 4.44. The summed E-state index contributed by atoms with van der Waals surface area (Å²) in [7, 11) is 0. The van der Waals surface area contributed by atoms with Crippen LogP contribution in [0.25, 0.3) is 0 Å². The second-order valence-corrected chi connectivity index (χ2v) is 4.16. The standard InChI is InChI=1S/C12H19N3/c1-3-11-4-5-12(8-14-11)15-7-6-13-10(2)9-15/h4-5,8,10,13H,3,6-7,9H2,1-2H3. The summed E-state index contributed by atoms with van der Waals surface area (Å²) in [4.78, 5) is 6.83. The van der Waals surface area contributed by atoms with E-state index in [1.807, 2.05) is 6.20 Å². The highest BCUT2D eigenvalue weighted by Gasteiger charge is 2.15. The topological polar surface area (TPSA) is 28.2 Å². The van der Waals surface area contributed by atoms with Crippen molar-refractivity contribution in [1.82, 2.24) is 10.3 Å². The van der Waals surface area contributed by atoms with Gasteiger partial charge in [0.2, 0.25) is 0 Å². The Morgan fingerprint density at radius 1 is 1.53 bits per heavy atom. The Morgan fingerprint density at radius 3 is 3.00 bits per heavy atom. The zero-order valence-electron chi connectivity index (χ0n) is 9.53. The van der Waals surface area contributed by atoms with Gasteiger partial charge in [-0.25, -0.2) is 0 Å². The fourth-order valence-electron chi connectivity index (χ4n) is 1.98. The summed E-state index contributed by atoms with van der Waals surface area (Å²) in [5.41, 5.74) is 2.42. The van der Waals surface area contributed by atoms with E-state index in [9.17, 15) is 0 Å². The van der Waals surface area contributed by atoms with Gasteiger partial charge in [0.1, 0.15) is 0 Å². The molecule has 0 amide bonds. The van der Waals surface area contributed by atoms with Gasteiger partial charge in [0.15, 0.2) is 0 Å². The Labute approximate surface area is 91.5 Å². The Morgan fingerprint density at radius 2 is 2.40 bits per heavy atom. The molecule has 0 spiro atoms. The van der Waals surface area contributed by atoms with Crippen LogP contribution in [0.15, 0.2) is 18.3 Å². The second-order valence-electron chi connectivity index (χ2n) is 4.16. The average Bonchev–Trinajstić information content (AvgIpc) is 2.29. The normalized spacial score (nSPS) is 21.7. The summed E-state index contributed by atoms with van der Waals surface area (Å²) in [5.74, 6) is 0. The first-order valence-corrected chi connectivity index (χ1v) is 5.73. The molecule has 2 rings (SSSR count). The van der Waals surface area contributed by atoms with Gasteiger partial charge in [-0.15, -0.1) is 0 Å². The summed E-state index contributed by atoms with van der Waals surface area (Å²) in [6.45, 7) is 7.58. The van der Waals surface area contributed by atoms with Crippen LogP contribution < -0.4 is 10.2 Å². The molecule has 1 saturated heterocycles.